The van der Waals surface area contributed by atoms with E-state index in [1.807, 2.05) is 37.3 Å². The highest BCUT2D eigenvalue weighted by Gasteiger charge is 2.31. The first-order chi connectivity index (χ1) is 14.5. The summed E-state index contributed by atoms with van der Waals surface area (Å²) in [4.78, 5) is 24.6. The average Bonchev–Trinajstić information content (AvgIpc) is 2.75. The third-order valence-corrected chi connectivity index (χ3v) is 5.12. The molecule has 2 unspecified atom stereocenters. The molecule has 0 radical (unpaired) electrons. The van der Waals surface area contributed by atoms with Gasteiger partial charge in [0.15, 0.2) is 6.10 Å². The molecule has 0 fully saturated rings. The van der Waals surface area contributed by atoms with Crippen LogP contribution in [0.2, 0.25) is 0 Å². The Balaban J connectivity index is 2.05. The fourth-order valence-electron chi connectivity index (χ4n) is 2.61. The number of anilines is 1. The number of rotatable bonds is 12. The fourth-order valence-corrected chi connectivity index (χ4v) is 3.45. The normalized spacial score (nSPS) is 12.1. The summed E-state index contributed by atoms with van der Waals surface area (Å²) in [6.07, 6.45) is -0.429. The van der Waals surface area contributed by atoms with Gasteiger partial charge < -0.3 is 14.8 Å². The van der Waals surface area contributed by atoms with Crippen LogP contribution in [0.1, 0.15) is 29.8 Å². The van der Waals surface area contributed by atoms with Crippen molar-refractivity contribution in [3.8, 4) is 0 Å². The van der Waals surface area contributed by atoms with Crippen molar-refractivity contribution in [1.29, 1.82) is 0 Å². The maximum absolute atomic E-state index is 12.8. The second kappa shape index (κ2) is 12.9. The Labute approximate surface area is 177 Å². The van der Waals surface area contributed by atoms with Gasteiger partial charge in [-0.1, -0.05) is 30.3 Å². The predicted molar refractivity (Wildman–Crippen MR) is 115 cm³/mol. The first-order valence-corrected chi connectivity index (χ1v) is 11.2. The Morgan fingerprint density at radius 1 is 1.00 bits per heavy atom. The van der Waals surface area contributed by atoms with Crippen molar-refractivity contribution in [2.75, 3.05) is 31.3 Å². The number of carbonyl (C=O) groups is 2. The highest BCUT2D eigenvalue weighted by Crippen LogP contribution is 2.26. The summed E-state index contributed by atoms with van der Waals surface area (Å²) in [5.74, 6) is -0.838. The average molecular weight is 432 g/mol. The van der Waals surface area contributed by atoms with E-state index in [1.165, 1.54) is 0 Å². The summed E-state index contributed by atoms with van der Waals surface area (Å²) >= 11 is 0. The molecule has 2 rings (SSSR count). The van der Waals surface area contributed by atoms with E-state index in [4.69, 9.17) is 14.0 Å². The van der Waals surface area contributed by atoms with E-state index < -0.39 is 26.0 Å². The summed E-state index contributed by atoms with van der Waals surface area (Å²) in [5, 5.41) is 2.76. The molecule has 0 spiro atoms. The lowest BCUT2D eigenvalue weighted by atomic mass is 10.1. The molecule has 1 amide bonds. The van der Waals surface area contributed by atoms with Crippen LogP contribution in [0.4, 0.5) is 5.69 Å². The SMILES string of the molecule is CCOCC[P+](=O)OC(Cc1ccccc1)C(=O)Nc1ccc(C(=O)OCC)cc1. The van der Waals surface area contributed by atoms with Crippen molar-refractivity contribution in [3.63, 3.8) is 0 Å². The van der Waals surface area contributed by atoms with Crippen molar-refractivity contribution in [3.05, 3.63) is 65.7 Å². The van der Waals surface area contributed by atoms with Crippen LogP contribution < -0.4 is 5.32 Å². The Morgan fingerprint density at radius 3 is 2.33 bits per heavy atom. The van der Waals surface area contributed by atoms with Crippen LogP contribution in [0, 0.1) is 0 Å². The summed E-state index contributed by atoms with van der Waals surface area (Å²) in [5.41, 5.74) is 1.79. The Kier molecular flexibility index (Phi) is 10.1. The molecule has 0 aliphatic carbocycles. The summed E-state index contributed by atoms with van der Waals surface area (Å²) in [6.45, 7) is 4.71. The second-order valence-corrected chi connectivity index (χ2v) is 7.65. The van der Waals surface area contributed by atoms with Crippen LogP contribution in [-0.2, 0) is 29.8 Å². The van der Waals surface area contributed by atoms with Gasteiger partial charge in [0, 0.05) is 18.7 Å². The summed E-state index contributed by atoms with van der Waals surface area (Å²) < 4.78 is 28.0. The topological polar surface area (TPSA) is 90.9 Å². The van der Waals surface area contributed by atoms with E-state index in [0.29, 0.717) is 24.5 Å². The Hall–Kier alpha value is -2.60. The van der Waals surface area contributed by atoms with Crippen LogP contribution in [0.25, 0.3) is 0 Å². The van der Waals surface area contributed by atoms with E-state index in [9.17, 15) is 14.2 Å². The number of benzene rings is 2. The minimum absolute atomic E-state index is 0.218. The maximum Gasteiger partial charge on any atom is 0.511 e. The molecule has 0 aliphatic heterocycles. The molecular formula is C22H27NO6P+. The van der Waals surface area contributed by atoms with Crippen molar-refractivity contribution in [1.82, 2.24) is 0 Å². The molecule has 0 saturated carbocycles. The van der Waals surface area contributed by atoms with Gasteiger partial charge in [0.05, 0.1) is 18.8 Å². The molecule has 0 aliphatic rings. The van der Waals surface area contributed by atoms with Gasteiger partial charge >= 0.3 is 14.0 Å². The number of hydrogen-bond donors (Lipinski definition) is 1. The Bertz CT molecular complexity index is 825. The molecule has 2 aromatic rings. The minimum Gasteiger partial charge on any atom is -0.462 e. The number of carbonyl (C=O) groups excluding carboxylic acids is 2. The predicted octanol–water partition coefficient (Wildman–Crippen LogP) is 4.21. The van der Waals surface area contributed by atoms with Crippen molar-refractivity contribution >= 4 is 25.6 Å². The van der Waals surface area contributed by atoms with Crippen LogP contribution in [0.3, 0.4) is 0 Å². The molecule has 1 N–H and O–H groups in total. The molecule has 2 aromatic carbocycles. The zero-order valence-electron chi connectivity index (χ0n) is 17.2. The zero-order valence-corrected chi connectivity index (χ0v) is 18.1. The summed E-state index contributed by atoms with van der Waals surface area (Å²) in [6, 6.07) is 15.7. The maximum atomic E-state index is 12.8. The standard InChI is InChI=1S/C22H26NO6P/c1-3-27-14-15-30(26)29-20(16-17-8-6-5-7-9-17)21(24)23-19-12-10-18(11-13-19)22(25)28-4-2/h5-13,20H,3-4,14-16H2,1-2H3/p+1. The number of esters is 1. The molecule has 8 heteroatoms. The number of nitrogens with one attached hydrogen (secondary N) is 1. The van der Waals surface area contributed by atoms with Crippen molar-refractivity contribution in [2.24, 2.45) is 0 Å². The zero-order chi connectivity index (χ0) is 21.8. The van der Waals surface area contributed by atoms with Gasteiger partial charge in [-0.2, -0.15) is 0 Å². The van der Waals surface area contributed by atoms with Gasteiger partial charge in [-0.3, -0.25) is 4.79 Å². The van der Waals surface area contributed by atoms with Gasteiger partial charge in [0.2, 0.25) is 6.16 Å². The van der Waals surface area contributed by atoms with Crippen molar-refractivity contribution in [2.45, 2.75) is 26.4 Å². The smallest absolute Gasteiger partial charge is 0.462 e. The van der Waals surface area contributed by atoms with E-state index in [1.54, 1.807) is 31.2 Å². The summed E-state index contributed by atoms with van der Waals surface area (Å²) in [7, 11) is -2.05. The second-order valence-electron chi connectivity index (χ2n) is 6.32. The molecule has 0 heterocycles. The highest BCUT2D eigenvalue weighted by molar-refractivity contribution is 7.39. The van der Waals surface area contributed by atoms with Crippen LogP contribution in [-0.4, -0.2) is 44.0 Å². The third-order valence-electron chi connectivity index (χ3n) is 4.09. The molecule has 0 saturated heterocycles. The van der Waals surface area contributed by atoms with Crippen LogP contribution in [0.15, 0.2) is 54.6 Å². The quantitative estimate of drug-likeness (QED) is 0.307. The van der Waals surface area contributed by atoms with Gasteiger partial charge in [0.1, 0.15) is 0 Å². The van der Waals surface area contributed by atoms with Gasteiger partial charge in [0.25, 0.3) is 5.91 Å². The Morgan fingerprint density at radius 2 is 1.70 bits per heavy atom. The lowest BCUT2D eigenvalue weighted by Gasteiger charge is -2.13. The monoisotopic (exact) mass is 432 g/mol. The van der Waals surface area contributed by atoms with Gasteiger partial charge in [-0.05, 0) is 48.2 Å². The molecule has 2 atom stereocenters. The van der Waals surface area contributed by atoms with E-state index >= 15 is 0 Å². The first-order valence-electron chi connectivity index (χ1n) is 9.84. The number of amides is 1. The molecule has 0 aromatic heterocycles. The molecule has 0 bridgehead atoms. The first kappa shape index (κ1) is 23.7. The molecule has 30 heavy (non-hydrogen) atoms. The number of hydrogen-bond acceptors (Lipinski definition) is 6. The van der Waals surface area contributed by atoms with Gasteiger partial charge in [-0.25, -0.2) is 4.79 Å². The lowest BCUT2D eigenvalue weighted by Crippen LogP contribution is -2.31. The third kappa shape index (κ3) is 8.03. The highest BCUT2D eigenvalue weighted by atomic mass is 31.1. The molecular weight excluding hydrogens is 405 g/mol. The largest absolute Gasteiger partial charge is 0.511 e. The van der Waals surface area contributed by atoms with Crippen LogP contribution in [0.5, 0.6) is 0 Å². The lowest BCUT2D eigenvalue weighted by molar-refractivity contribution is -0.122. The van der Waals surface area contributed by atoms with E-state index in [0.717, 1.165) is 5.56 Å². The van der Waals surface area contributed by atoms with Crippen LogP contribution >= 0.6 is 8.03 Å². The number of ether oxygens (including phenoxy) is 2. The van der Waals surface area contributed by atoms with Crippen molar-refractivity contribution < 1.29 is 28.2 Å². The fraction of sp³-hybridized carbons (Fsp3) is 0.364. The molecule has 160 valence electrons. The van der Waals surface area contributed by atoms with E-state index in [-0.39, 0.29) is 19.2 Å². The van der Waals surface area contributed by atoms with E-state index in [2.05, 4.69) is 5.32 Å². The molecule has 7 nitrogen and oxygen atoms in total. The van der Waals surface area contributed by atoms with Gasteiger partial charge in [-0.15, -0.1) is 4.52 Å². The minimum atomic E-state index is -2.05.